The number of halogens is 1. The van der Waals surface area contributed by atoms with Gasteiger partial charge >= 0.3 is 0 Å². The zero-order valence-corrected chi connectivity index (χ0v) is 13.1. The number of fused-ring (bicyclic) bond motifs is 1. The molecule has 2 aromatic heterocycles. The molecule has 0 spiro atoms. The molecule has 0 saturated carbocycles. The van der Waals surface area contributed by atoms with E-state index in [1.807, 2.05) is 34.5 Å². The molecular formula is C15H15BrN2S. The van der Waals surface area contributed by atoms with Crippen LogP contribution in [0.1, 0.15) is 6.92 Å². The molecule has 98 valence electrons. The van der Waals surface area contributed by atoms with E-state index >= 15 is 0 Å². The Morgan fingerprint density at radius 1 is 1.47 bits per heavy atom. The van der Waals surface area contributed by atoms with Gasteiger partial charge in [-0.05, 0) is 41.1 Å². The summed E-state index contributed by atoms with van der Waals surface area (Å²) in [5, 5.41) is 4.24. The molecule has 19 heavy (non-hydrogen) atoms. The Morgan fingerprint density at radius 3 is 3.11 bits per heavy atom. The van der Waals surface area contributed by atoms with E-state index in [-0.39, 0.29) is 0 Å². The van der Waals surface area contributed by atoms with Gasteiger partial charge in [0, 0.05) is 10.6 Å². The van der Waals surface area contributed by atoms with Gasteiger partial charge in [0.2, 0.25) is 0 Å². The fraction of sp³-hybridized carbons (Fsp3) is 0.133. The monoisotopic (exact) mass is 334 g/mol. The number of thioether (sulfide) groups is 1. The standard InChI is InChI=1S/C15H15BrN2S/c1-3-4-5-6-12(2)11-19-14-9-13-7-8-17-18(13)15(16)10-14/h3-10H,1,11H2,2H3/b5-4-,12-6+. The molecule has 4 heteroatoms. The number of nitrogens with zero attached hydrogens (tertiary/aromatic N) is 2. The maximum atomic E-state index is 4.24. The van der Waals surface area contributed by atoms with Crippen LogP contribution in [0.25, 0.3) is 5.52 Å². The first-order valence-corrected chi connectivity index (χ1v) is 7.69. The van der Waals surface area contributed by atoms with Crippen molar-refractivity contribution >= 4 is 33.2 Å². The highest BCUT2D eigenvalue weighted by Gasteiger charge is 2.03. The number of hydrogen-bond acceptors (Lipinski definition) is 2. The fourth-order valence-electron chi connectivity index (χ4n) is 1.59. The molecule has 0 fully saturated rings. The molecule has 0 bridgehead atoms. The highest BCUT2D eigenvalue weighted by Crippen LogP contribution is 2.25. The van der Waals surface area contributed by atoms with E-state index < -0.39 is 0 Å². The lowest BCUT2D eigenvalue weighted by Gasteiger charge is -2.04. The summed E-state index contributed by atoms with van der Waals surface area (Å²) in [4.78, 5) is 1.24. The van der Waals surface area contributed by atoms with Crippen LogP contribution in [-0.2, 0) is 0 Å². The predicted octanol–water partition coefficient (Wildman–Crippen LogP) is 4.88. The van der Waals surface area contributed by atoms with Crippen LogP contribution in [-0.4, -0.2) is 15.4 Å². The molecule has 0 aromatic carbocycles. The lowest BCUT2D eigenvalue weighted by molar-refractivity contribution is 0.927. The second-order valence-electron chi connectivity index (χ2n) is 4.10. The maximum absolute atomic E-state index is 4.24. The molecule has 0 aliphatic carbocycles. The average molecular weight is 335 g/mol. The minimum absolute atomic E-state index is 0.970. The van der Waals surface area contributed by atoms with Gasteiger partial charge < -0.3 is 0 Å². The smallest absolute Gasteiger partial charge is 0.109 e. The molecule has 2 nitrogen and oxygen atoms in total. The van der Waals surface area contributed by atoms with E-state index in [9.17, 15) is 0 Å². The third-order valence-electron chi connectivity index (χ3n) is 2.52. The van der Waals surface area contributed by atoms with Crippen molar-refractivity contribution in [3.63, 3.8) is 0 Å². The molecule has 2 aromatic rings. The van der Waals surface area contributed by atoms with Crippen molar-refractivity contribution in [3.8, 4) is 0 Å². The van der Waals surface area contributed by atoms with Crippen LogP contribution >= 0.6 is 27.7 Å². The topological polar surface area (TPSA) is 17.3 Å². The number of rotatable bonds is 5. The van der Waals surface area contributed by atoms with Gasteiger partial charge in [-0.3, -0.25) is 0 Å². The van der Waals surface area contributed by atoms with Crippen LogP contribution in [0.3, 0.4) is 0 Å². The zero-order valence-electron chi connectivity index (χ0n) is 10.7. The van der Waals surface area contributed by atoms with Gasteiger partial charge in [0.1, 0.15) is 4.60 Å². The SMILES string of the molecule is C=C/C=C\C=C(/C)CSc1cc(Br)n2nccc2c1. The minimum Gasteiger partial charge on any atom is -0.227 e. The summed E-state index contributed by atoms with van der Waals surface area (Å²) in [6.07, 6.45) is 9.64. The molecule has 0 amide bonds. The van der Waals surface area contributed by atoms with Crippen LogP contribution in [0.5, 0.6) is 0 Å². The molecule has 0 aliphatic rings. The maximum Gasteiger partial charge on any atom is 0.109 e. The van der Waals surface area contributed by atoms with E-state index in [0.29, 0.717) is 0 Å². The van der Waals surface area contributed by atoms with Gasteiger partial charge in [0.05, 0.1) is 11.7 Å². The van der Waals surface area contributed by atoms with Crippen molar-refractivity contribution in [2.75, 3.05) is 5.75 Å². The van der Waals surface area contributed by atoms with Crippen LogP contribution < -0.4 is 0 Å². The normalized spacial score (nSPS) is 12.4. The van der Waals surface area contributed by atoms with Crippen molar-refractivity contribution in [1.29, 1.82) is 0 Å². The average Bonchev–Trinajstić information content (AvgIpc) is 2.85. The Bertz CT molecular complexity index is 641. The Morgan fingerprint density at radius 2 is 2.32 bits per heavy atom. The minimum atomic E-state index is 0.970. The molecule has 0 aliphatic heterocycles. The molecule has 0 saturated heterocycles. The highest BCUT2D eigenvalue weighted by molar-refractivity contribution is 9.10. The Labute approximate surface area is 126 Å². The van der Waals surface area contributed by atoms with Gasteiger partial charge in [-0.2, -0.15) is 5.10 Å². The van der Waals surface area contributed by atoms with Crippen molar-refractivity contribution in [3.05, 3.63) is 65.5 Å². The van der Waals surface area contributed by atoms with Gasteiger partial charge in [0.25, 0.3) is 0 Å². The van der Waals surface area contributed by atoms with Crippen molar-refractivity contribution in [2.24, 2.45) is 0 Å². The van der Waals surface area contributed by atoms with Gasteiger partial charge in [0.15, 0.2) is 0 Å². The highest BCUT2D eigenvalue weighted by atomic mass is 79.9. The quantitative estimate of drug-likeness (QED) is 0.440. The summed E-state index contributed by atoms with van der Waals surface area (Å²) >= 11 is 5.36. The molecule has 0 radical (unpaired) electrons. The first-order chi connectivity index (χ1) is 9.20. The van der Waals surface area contributed by atoms with Crippen molar-refractivity contribution in [2.45, 2.75) is 11.8 Å². The van der Waals surface area contributed by atoms with Gasteiger partial charge in [-0.1, -0.05) is 36.5 Å². The predicted molar refractivity (Wildman–Crippen MR) is 86.7 cm³/mol. The number of pyridine rings is 1. The lowest BCUT2D eigenvalue weighted by atomic mass is 10.3. The summed E-state index contributed by atoms with van der Waals surface area (Å²) in [5.74, 6) is 0.970. The van der Waals surface area contributed by atoms with Crippen LogP contribution in [0.15, 0.2) is 70.4 Å². The summed E-state index contributed by atoms with van der Waals surface area (Å²) in [6.45, 7) is 5.78. The van der Waals surface area contributed by atoms with Crippen molar-refractivity contribution in [1.82, 2.24) is 9.61 Å². The van der Waals surface area contributed by atoms with E-state index in [2.05, 4.69) is 52.7 Å². The first kappa shape index (κ1) is 14.2. The van der Waals surface area contributed by atoms with Crippen LogP contribution in [0, 0.1) is 0 Å². The molecule has 2 heterocycles. The third-order valence-corrected chi connectivity index (χ3v) is 4.25. The number of allylic oxidation sites excluding steroid dienone is 4. The van der Waals surface area contributed by atoms with Crippen LogP contribution in [0.4, 0.5) is 0 Å². The van der Waals surface area contributed by atoms with Crippen LogP contribution in [0.2, 0.25) is 0 Å². The zero-order chi connectivity index (χ0) is 13.7. The fourth-order valence-corrected chi connectivity index (χ4v) is 3.18. The summed E-state index contributed by atoms with van der Waals surface area (Å²) in [6, 6.07) is 6.25. The third kappa shape index (κ3) is 3.85. The summed E-state index contributed by atoms with van der Waals surface area (Å²) in [5.41, 5.74) is 2.43. The number of aromatic nitrogens is 2. The van der Waals surface area contributed by atoms with E-state index in [1.54, 1.807) is 12.3 Å². The molecule has 2 rings (SSSR count). The van der Waals surface area contributed by atoms with E-state index in [0.717, 1.165) is 15.9 Å². The van der Waals surface area contributed by atoms with Crippen molar-refractivity contribution < 1.29 is 0 Å². The molecule has 0 unspecified atom stereocenters. The number of hydrogen-bond donors (Lipinski definition) is 0. The lowest BCUT2D eigenvalue weighted by Crippen LogP contribution is -1.90. The molecular weight excluding hydrogens is 320 g/mol. The van der Waals surface area contributed by atoms with Gasteiger partial charge in [-0.15, -0.1) is 11.8 Å². The molecule has 0 atom stereocenters. The summed E-state index contributed by atoms with van der Waals surface area (Å²) in [7, 11) is 0. The second-order valence-corrected chi connectivity index (χ2v) is 5.97. The first-order valence-electron chi connectivity index (χ1n) is 5.91. The second kappa shape index (κ2) is 6.78. The largest absolute Gasteiger partial charge is 0.227 e. The van der Waals surface area contributed by atoms with E-state index in [1.165, 1.54) is 10.5 Å². The summed E-state index contributed by atoms with van der Waals surface area (Å²) < 4.78 is 2.85. The van der Waals surface area contributed by atoms with Gasteiger partial charge in [-0.25, -0.2) is 4.52 Å². The Balaban J connectivity index is 2.07. The van der Waals surface area contributed by atoms with E-state index in [4.69, 9.17) is 0 Å². The molecule has 0 N–H and O–H groups in total. The Hall–Kier alpha value is -1.26. The Kier molecular flexibility index (Phi) is 5.05.